The topological polar surface area (TPSA) is 62.9 Å². The minimum Gasteiger partial charge on any atom is -0.381 e. The highest BCUT2D eigenvalue weighted by Gasteiger charge is 2.30. The zero-order chi connectivity index (χ0) is 15.2. The summed E-state index contributed by atoms with van der Waals surface area (Å²) in [6, 6.07) is 0. The second kappa shape index (κ2) is 12.4. The molecule has 1 heterocycles. The molecule has 0 aliphatic carbocycles. The Morgan fingerprint density at radius 1 is 0.905 bits per heavy atom. The maximum Gasteiger partial charge on any atom is 0.0701 e. The first-order valence-electron chi connectivity index (χ1n) is 8.34. The van der Waals surface area contributed by atoms with E-state index >= 15 is 0 Å². The quantitative estimate of drug-likeness (QED) is 0.527. The molecule has 1 aliphatic rings. The molecule has 0 saturated carbocycles. The van der Waals surface area contributed by atoms with Crippen LogP contribution >= 0.6 is 0 Å². The third-order valence-electron chi connectivity index (χ3n) is 4.15. The Morgan fingerprint density at radius 2 is 1.48 bits per heavy atom. The first kappa shape index (κ1) is 18.8. The summed E-state index contributed by atoms with van der Waals surface area (Å²) in [5, 5.41) is 0. The molecule has 21 heavy (non-hydrogen) atoms. The number of rotatable bonds is 13. The van der Waals surface area contributed by atoms with Gasteiger partial charge in [-0.15, -0.1) is 0 Å². The molecule has 1 saturated heterocycles. The van der Waals surface area contributed by atoms with Gasteiger partial charge in [-0.25, -0.2) is 0 Å². The van der Waals surface area contributed by atoms with Crippen molar-refractivity contribution in [3.8, 4) is 0 Å². The van der Waals surface area contributed by atoms with E-state index in [0.29, 0.717) is 26.4 Å². The largest absolute Gasteiger partial charge is 0.381 e. The summed E-state index contributed by atoms with van der Waals surface area (Å²) >= 11 is 0. The SMILES string of the molecule is CCCCOCCOCCOCCC1(CN)CCOCC1. The van der Waals surface area contributed by atoms with Crippen LogP contribution < -0.4 is 5.73 Å². The minimum absolute atomic E-state index is 0.228. The maximum atomic E-state index is 5.92. The molecule has 0 spiro atoms. The maximum absolute atomic E-state index is 5.92. The van der Waals surface area contributed by atoms with E-state index in [1.54, 1.807) is 0 Å². The minimum atomic E-state index is 0.228. The van der Waals surface area contributed by atoms with Crippen LogP contribution in [0.2, 0.25) is 0 Å². The van der Waals surface area contributed by atoms with Crippen LogP contribution in [0.5, 0.6) is 0 Å². The highest BCUT2D eigenvalue weighted by molar-refractivity contribution is 4.82. The van der Waals surface area contributed by atoms with Crippen molar-refractivity contribution in [1.29, 1.82) is 0 Å². The Labute approximate surface area is 129 Å². The third kappa shape index (κ3) is 8.73. The van der Waals surface area contributed by atoms with Crippen LogP contribution in [0.25, 0.3) is 0 Å². The predicted octanol–water partition coefficient (Wildman–Crippen LogP) is 1.98. The first-order chi connectivity index (χ1) is 10.3. The molecular weight excluding hydrogens is 270 g/mol. The fourth-order valence-corrected chi connectivity index (χ4v) is 2.44. The molecule has 0 aromatic heterocycles. The summed E-state index contributed by atoms with van der Waals surface area (Å²) in [5.74, 6) is 0. The molecule has 126 valence electrons. The summed E-state index contributed by atoms with van der Waals surface area (Å²) in [7, 11) is 0. The first-order valence-corrected chi connectivity index (χ1v) is 8.34. The van der Waals surface area contributed by atoms with E-state index in [0.717, 1.165) is 58.7 Å². The van der Waals surface area contributed by atoms with Gasteiger partial charge >= 0.3 is 0 Å². The second-order valence-electron chi connectivity index (χ2n) is 5.76. The number of ether oxygens (including phenoxy) is 4. The fourth-order valence-electron chi connectivity index (χ4n) is 2.44. The van der Waals surface area contributed by atoms with Crippen molar-refractivity contribution < 1.29 is 18.9 Å². The van der Waals surface area contributed by atoms with Crippen molar-refractivity contribution >= 4 is 0 Å². The van der Waals surface area contributed by atoms with E-state index in [9.17, 15) is 0 Å². The van der Waals surface area contributed by atoms with Gasteiger partial charge in [0.15, 0.2) is 0 Å². The Morgan fingerprint density at radius 3 is 2.05 bits per heavy atom. The number of nitrogens with two attached hydrogens (primary N) is 1. The van der Waals surface area contributed by atoms with E-state index in [1.165, 1.54) is 6.42 Å². The summed E-state index contributed by atoms with van der Waals surface area (Å²) in [4.78, 5) is 0. The molecule has 1 aliphatic heterocycles. The lowest BCUT2D eigenvalue weighted by Gasteiger charge is -2.36. The standard InChI is InChI=1S/C16H33NO4/c1-2-3-7-18-11-13-21-14-12-20-10-6-16(15-17)4-8-19-9-5-16/h2-15,17H2,1H3. The average molecular weight is 303 g/mol. The molecule has 0 unspecified atom stereocenters. The van der Waals surface area contributed by atoms with E-state index in [1.807, 2.05) is 0 Å². The molecule has 2 N–H and O–H groups in total. The number of hydrogen-bond donors (Lipinski definition) is 1. The molecule has 0 aromatic rings. The van der Waals surface area contributed by atoms with Crippen LogP contribution in [0, 0.1) is 5.41 Å². The van der Waals surface area contributed by atoms with Crippen molar-refractivity contribution in [3.05, 3.63) is 0 Å². The molecule has 0 bridgehead atoms. The van der Waals surface area contributed by atoms with Gasteiger partial charge in [-0.3, -0.25) is 0 Å². The number of unbranched alkanes of at least 4 members (excludes halogenated alkanes) is 1. The summed E-state index contributed by atoms with van der Waals surface area (Å²) in [6.07, 6.45) is 5.42. The molecule has 0 radical (unpaired) electrons. The second-order valence-corrected chi connectivity index (χ2v) is 5.76. The van der Waals surface area contributed by atoms with Crippen molar-refractivity contribution in [2.75, 3.05) is 59.4 Å². The van der Waals surface area contributed by atoms with Crippen LogP contribution in [-0.4, -0.2) is 59.4 Å². The predicted molar refractivity (Wildman–Crippen MR) is 83.5 cm³/mol. The molecule has 5 heteroatoms. The summed E-state index contributed by atoms with van der Waals surface area (Å²) in [5.41, 5.74) is 6.15. The van der Waals surface area contributed by atoms with Crippen LogP contribution in [0.1, 0.15) is 39.0 Å². The van der Waals surface area contributed by atoms with Crippen LogP contribution in [0.15, 0.2) is 0 Å². The lowest BCUT2D eigenvalue weighted by molar-refractivity contribution is -0.0156. The lowest BCUT2D eigenvalue weighted by Crippen LogP contribution is -2.37. The van der Waals surface area contributed by atoms with E-state index in [-0.39, 0.29) is 5.41 Å². The highest BCUT2D eigenvalue weighted by Crippen LogP contribution is 2.32. The highest BCUT2D eigenvalue weighted by atomic mass is 16.5. The van der Waals surface area contributed by atoms with Crippen LogP contribution in [0.4, 0.5) is 0 Å². The van der Waals surface area contributed by atoms with Gasteiger partial charge in [-0.2, -0.15) is 0 Å². The smallest absolute Gasteiger partial charge is 0.0701 e. The van der Waals surface area contributed by atoms with Gasteiger partial charge in [-0.1, -0.05) is 13.3 Å². The Hall–Kier alpha value is -0.200. The zero-order valence-electron chi connectivity index (χ0n) is 13.6. The van der Waals surface area contributed by atoms with Crippen molar-refractivity contribution in [2.24, 2.45) is 11.1 Å². The van der Waals surface area contributed by atoms with Crippen LogP contribution in [-0.2, 0) is 18.9 Å². The fraction of sp³-hybridized carbons (Fsp3) is 1.00. The summed E-state index contributed by atoms with van der Waals surface area (Å²) < 4.78 is 21.9. The Kier molecular flexibility index (Phi) is 11.1. The van der Waals surface area contributed by atoms with Crippen molar-refractivity contribution in [3.63, 3.8) is 0 Å². The van der Waals surface area contributed by atoms with Crippen LogP contribution in [0.3, 0.4) is 0 Å². The third-order valence-corrected chi connectivity index (χ3v) is 4.15. The van der Waals surface area contributed by atoms with Crippen molar-refractivity contribution in [1.82, 2.24) is 0 Å². The van der Waals surface area contributed by atoms with Gasteiger partial charge in [0.2, 0.25) is 0 Å². The van der Waals surface area contributed by atoms with Crippen molar-refractivity contribution in [2.45, 2.75) is 39.0 Å². The van der Waals surface area contributed by atoms with E-state index in [2.05, 4.69) is 6.92 Å². The molecule has 0 aromatic carbocycles. The molecule has 0 amide bonds. The van der Waals surface area contributed by atoms with E-state index < -0.39 is 0 Å². The van der Waals surface area contributed by atoms with Gasteiger partial charge < -0.3 is 24.7 Å². The molecule has 1 rings (SSSR count). The van der Waals surface area contributed by atoms with Gasteiger partial charge in [0.25, 0.3) is 0 Å². The van der Waals surface area contributed by atoms with Gasteiger partial charge in [0.05, 0.1) is 26.4 Å². The molecule has 5 nitrogen and oxygen atoms in total. The summed E-state index contributed by atoms with van der Waals surface area (Å²) in [6.45, 7) is 8.75. The molecular formula is C16H33NO4. The van der Waals surface area contributed by atoms with Gasteiger partial charge in [0.1, 0.15) is 0 Å². The Balaban J connectivity index is 1.87. The zero-order valence-corrected chi connectivity index (χ0v) is 13.6. The monoisotopic (exact) mass is 303 g/mol. The van der Waals surface area contributed by atoms with Gasteiger partial charge in [-0.05, 0) is 37.6 Å². The molecule has 1 fully saturated rings. The average Bonchev–Trinajstić information content (AvgIpc) is 2.53. The van der Waals surface area contributed by atoms with E-state index in [4.69, 9.17) is 24.7 Å². The Bertz CT molecular complexity index is 232. The van der Waals surface area contributed by atoms with Gasteiger partial charge in [0, 0.05) is 26.4 Å². The lowest BCUT2D eigenvalue weighted by atomic mass is 9.78. The number of hydrogen-bond acceptors (Lipinski definition) is 5. The normalized spacial score (nSPS) is 18.0. The molecule has 0 atom stereocenters.